The first-order valence-electron chi connectivity index (χ1n) is 8.11. The van der Waals surface area contributed by atoms with E-state index in [-0.39, 0.29) is 12.3 Å². The topological polar surface area (TPSA) is 50.8 Å². The molecule has 3 rings (SSSR count). The van der Waals surface area contributed by atoms with Gasteiger partial charge in [0.2, 0.25) is 0 Å². The fourth-order valence-corrected chi connectivity index (χ4v) is 4.03. The third-order valence-electron chi connectivity index (χ3n) is 5.00. The number of hydrogen-bond donors (Lipinski definition) is 1. The summed E-state index contributed by atoms with van der Waals surface area (Å²) in [6, 6.07) is 0.648. The summed E-state index contributed by atoms with van der Waals surface area (Å²) < 4.78 is 5.47. The molecule has 4 atom stereocenters. The van der Waals surface area contributed by atoms with Crippen LogP contribution in [0.5, 0.6) is 0 Å². The van der Waals surface area contributed by atoms with Crippen molar-refractivity contribution in [3.05, 3.63) is 0 Å². The van der Waals surface area contributed by atoms with Crippen LogP contribution < -0.4 is 5.48 Å². The number of carbonyl (C=O) groups excluding carboxylic acids is 1. The van der Waals surface area contributed by atoms with Gasteiger partial charge >= 0.3 is 6.03 Å². The average molecular weight is 282 g/mol. The largest absolute Gasteiger partial charge is 0.350 e. The number of nitrogens with zero attached hydrogens (tertiary/aromatic N) is 1. The molecule has 2 heterocycles. The number of rotatable bonds is 2. The second kappa shape index (κ2) is 6.31. The quantitative estimate of drug-likeness (QED) is 0.792. The highest BCUT2D eigenvalue weighted by Crippen LogP contribution is 2.39. The normalized spacial score (nSPS) is 37.5. The van der Waals surface area contributed by atoms with E-state index < -0.39 is 0 Å². The molecule has 114 valence electrons. The zero-order chi connectivity index (χ0) is 13.9. The number of fused-ring (bicyclic) bond motifs is 1. The molecule has 5 nitrogen and oxygen atoms in total. The lowest BCUT2D eigenvalue weighted by atomic mass is 9.85. The first-order valence-corrected chi connectivity index (χ1v) is 8.11. The van der Waals surface area contributed by atoms with Crippen molar-refractivity contribution in [1.29, 1.82) is 0 Å². The number of ether oxygens (including phenoxy) is 1. The van der Waals surface area contributed by atoms with Crippen LogP contribution in [0.2, 0.25) is 0 Å². The number of likely N-dealkylation sites (tertiary alicyclic amines) is 1. The third-order valence-corrected chi connectivity index (χ3v) is 5.00. The van der Waals surface area contributed by atoms with E-state index in [0.29, 0.717) is 18.0 Å². The summed E-state index contributed by atoms with van der Waals surface area (Å²) in [5.41, 5.74) is 2.62. The van der Waals surface area contributed by atoms with E-state index in [2.05, 4.69) is 12.4 Å². The van der Waals surface area contributed by atoms with Gasteiger partial charge in [-0.3, -0.25) is 0 Å². The van der Waals surface area contributed by atoms with Gasteiger partial charge in [0, 0.05) is 25.1 Å². The molecule has 3 fully saturated rings. The number of urea groups is 1. The molecule has 2 aliphatic heterocycles. The van der Waals surface area contributed by atoms with Crippen molar-refractivity contribution in [2.24, 2.45) is 5.92 Å². The molecule has 0 bridgehead atoms. The Morgan fingerprint density at radius 3 is 2.80 bits per heavy atom. The van der Waals surface area contributed by atoms with Crippen molar-refractivity contribution in [2.75, 3.05) is 6.61 Å². The Morgan fingerprint density at radius 2 is 2.00 bits per heavy atom. The summed E-state index contributed by atoms with van der Waals surface area (Å²) in [5, 5.41) is 0. The fraction of sp³-hybridized carbons (Fsp3) is 0.933. The summed E-state index contributed by atoms with van der Waals surface area (Å²) in [6.07, 6.45) is 8.88. The maximum atomic E-state index is 12.4. The lowest BCUT2D eigenvalue weighted by Crippen LogP contribution is -2.48. The zero-order valence-electron chi connectivity index (χ0n) is 12.3. The van der Waals surface area contributed by atoms with Gasteiger partial charge in [-0.1, -0.05) is 12.8 Å². The molecule has 1 saturated carbocycles. The molecule has 0 unspecified atom stereocenters. The summed E-state index contributed by atoms with van der Waals surface area (Å²) in [6.45, 7) is 2.88. The molecule has 3 aliphatic rings. The second-order valence-corrected chi connectivity index (χ2v) is 6.43. The van der Waals surface area contributed by atoms with Crippen LogP contribution in [0, 0.1) is 5.92 Å². The second-order valence-electron chi connectivity index (χ2n) is 6.43. The summed E-state index contributed by atoms with van der Waals surface area (Å²) in [5.74, 6) is 0.690. The fourth-order valence-electron chi connectivity index (χ4n) is 4.03. The Labute approximate surface area is 120 Å². The molecule has 20 heavy (non-hydrogen) atoms. The maximum absolute atomic E-state index is 12.4. The summed E-state index contributed by atoms with van der Waals surface area (Å²) in [7, 11) is 0. The van der Waals surface area contributed by atoms with Crippen LogP contribution in [-0.2, 0) is 9.57 Å². The van der Waals surface area contributed by atoms with Gasteiger partial charge in [-0.05, 0) is 44.9 Å². The monoisotopic (exact) mass is 282 g/mol. The Hall–Kier alpha value is -0.810. The van der Waals surface area contributed by atoms with Crippen LogP contribution in [0.15, 0.2) is 0 Å². The smallest absolute Gasteiger partial charge is 0.341 e. The molecule has 0 aromatic carbocycles. The minimum absolute atomic E-state index is 0.0823. The minimum atomic E-state index is -0.271. The maximum Gasteiger partial charge on any atom is 0.341 e. The van der Waals surface area contributed by atoms with E-state index >= 15 is 0 Å². The number of nitrogens with one attached hydrogen (secondary N) is 1. The van der Waals surface area contributed by atoms with Crippen LogP contribution in [0.3, 0.4) is 0 Å². The molecular weight excluding hydrogens is 256 g/mol. The van der Waals surface area contributed by atoms with E-state index in [1.54, 1.807) is 0 Å². The van der Waals surface area contributed by atoms with Gasteiger partial charge in [0.05, 0.1) is 0 Å². The van der Waals surface area contributed by atoms with E-state index in [1.807, 2.05) is 4.90 Å². The van der Waals surface area contributed by atoms with Crippen molar-refractivity contribution in [2.45, 2.75) is 76.7 Å². The van der Waals surface area contributed by atoms with Gasteiger partial charge < -0.3 is 9.64 Å². The molecule has 1 N–H and O–H groups in total. The lowest BCUT2D eigenvalue weighted by molar-refractivity contribution is -0.188. The number of carbonyl (C=O) groups is 1. The van der Waals surface area contributed by atoms with Crippen LogP contribution in [0.4, 0.5) is 4.79 Å². The Kier molecular flexibility index (Phi) is 4.46. The Bertz CT molecular complexity index is 344. The van der Waals surface area contributed by atoms with Gasteiger partial charge in [0.25, 0.3) is 0 Å². The van der Waals surface area contributed by atoms with Gasteiger partial charge in [-0.2, -0.15) is 0 Å². The number of hydroxylamine groups is 1. The van der Waals surface area contributed by atoms with Gasteiger partial charge in [0.15, 0.2) is 6.29 Å². The van der Waals surface area contributed by atoms with Crippen molar-refractivity contribution < 1.29 is 14.4 Å². The van der Waals surface area contributed by atoms with Crippen LogP contribution in [0.1, 0.15) is 58.3 Å². The zero-order valence-corrected chi connectivity index (χ0v) is 12.3. The van der Waals surface area contributed by atoms with Crippen molar-refractivity contribution >= 4 is 6.03 Å². The van der Waals surface area contributed by atoms with Crippen molar-refractivity contribution in [3.8, 4) is 0 Å². The van der Waals surface area contributed by atoms with Gasteiger partial charge in [-0.25, -0.2) is 15.1 Å². The molecule has 0 spiro atoms. The number of hydrogen-bond acceptors (Lipinski definition) is 3. The predicted molar refractivity (Wildman–Crippen MR) is 74.9 cm³/mol. The van der Waals surface area contributed by atoms with Crippen LogP contribution in [-0.4, -0.2) is 35.9 Å². The summed E-state index contributed by atoms with van der Waals surface area (Å²) >= 11 is 0. The highest BCUT2D eigenvalue weighted by atomic mass is 16.8. The first-order chi connectivity index (χ1) is 9.75. The van der Waals surface area contributed by atoms with Crippen LogP contribution in [0.25, 0.3) is 0 Å². The number of amides is 2. The van der Waals surface area contributed by atoms with E-state index in [4.69, 9.17) is 9.57 Å². The van der Waals surface area contributed by atoms with Gasteiger partial charge in [0.1, 0.15) is 0 Å². The molecule has 2 saturated heterocycles. The molecule has 1 aliphatic carbocycles. The Morgan fingerprint density at radius 1 is 1.20 bits per heavy atom. The van der Waals surface area contributed by atoms with E-state index in [1.165, 1.54) is 19.3 Å². The van der Waals surface area contributed by atoms with Crippen molar-refractivity contribution in [3.63, 3.8) is 0 Å². The minimum Gasteiger partial charge on any atom is -0.350 e. The third kappa shape index (κ3) is 2.93. The Balaban J connectivity index is 1.53. The highest BCUT2D eigenvalue weighted by Gasteiger charge is 2.42. The van der Waals surface area contributed by atoms with Crippen molar-refractivity contribution in [1.82, 2.24) is 10.4 Å². The molecule has 5 heteroatoms. The lowest BCUT2D eigenvalue weighted by Gasteiger charge is -2.33. The predicted octanol–water partition coefficient (Wildman–Crippen LogP) is 2.81. The average Bonchev–Trinajstić information content (AvgIpc) is 2.82. The summed E-state index contributed by atoms with van der Waals surface area (Å²) in [4.78, 5) is 19.8. The first kappa shape index (κ1) is 14.1. The van der Waals surface area contributed by atoms with Gasteiger partial charge in [-0.15, -0.1) is 0 Å². The highest BCUT2D eigenvalue weighted by molar-refractivity contribution is 5.74. The molecule has 0 radical (unpaired) electrons. The van der Waals surface area contributed by atoms with E-state index in [9.17, 15) is 4.79 Å². The van der Waals surface area contributed by atoms with E-state index in [0.717, 1.165) is 38.7 Å². The van der Waals surface area contributed by atoms with Crippen LogP contribution >= 0.6 is 0 Å². The molecule has 0 aromatic rings. The standard InChI is InChI=1S/C15H26N2O3/c1-11-10-12-6-2-3-7-13(12)17(11)15(18)16-20-14-8-4-5-9-19-14/h11-14H,2-10H2,1H3,(H,16,18)/t11-,12+,13-,14+/m1/s1. The SMILES string of the molecule is C[C@@H]1C[C@@H]2CCCC[C@H]2N1C(=O)NO[C@H]1CCCCO1. The molecule has 2 amide bonds. The molecular formula is C15H26N2O3. The molecule has 0 aromatic heterocycles.